The van der Waals surface area contributed by atoms with Gasteiger partial charge in [-0.15, -0.1) is 0 Å². The first-order valence-electron chi connectivity index (χ1n) is 23.5. The van der Waals surface area contributed by atoms with E-state index in [1.807, 2.05) is 12.3 Å². The van der Waals surface area contributed by atoms with Gasteiger partial charge in [0.2, 0.25) is 0 Å². The highest BCUT2D eigenvalue weighted by Crippen LogP contribution is 2.40. The number of fused-ring (bicyclic) bond motifs is 9. The lowest BCUT2D eigenvalue weighted by Gasteiger charge is -2.13. The topological polar surface area (TPSA) is 40.6 Å². The van der Waals surface area contributed by atoms with E-state index >= 15 is 0 Å². The van der Waals surface area contributed by atoms with Crippen molar-refractivity contribution in [3.8, 4) is 61.8 Å². The molecule has 0 saturated carbocycles. The number of rotatable bonds is 7. The van der Waals surface area contributed by atoms with Crippen LogP contribution < -0.4 is 0 Å². The first kappa shape index (κ1) is 38.9. The molecular formula is C64H41N5. The van der Waals surface area contributed by atoms with Crippen LogP contribution >= 0.6 is 0 Å². The normalized spacial score (nSPS) is 11.8. The summed E-state index contributed by atoms with van der Waals surface area (Å²) in [7, 11) is 0. The van der Waals surface area contributed by atoms with E-state index in [0.717, 1.165) is 83.7 Å². The molecule has 69 heavy (non-hydrogen) atoms. The molecule has 5 heteroatoms. The van der Waals surface area contributed by atoms with Crippen molar-refractivity contribution in [2.45, 2.75) is 0 Å². The van der Waals surface area contributed by atoms with E-state index in [4.69, 9.17) is 9.97 Å². The van der Waals surface area contributed by atoms with Gasteiger partial charge in [0.05, 0.1) is 55.7 Å². The number of nitrogens with zero attached hydrogens (tertiary/aromatic N) is 5. The molecule has 0 atom stereocenters. The van der Waals surface area contributed by atoms with Gasteiger partial charge in [0, 0.05) is 55.6 Å². The predicted octanol–water partition coefficient (Wildman–Crippen LogP) is 16.4. The summed E-state index contributed by atoms with van der Waals surface area (Å²) in [6, 6.07) is 87.3. The second kappa shape index (κ2) is 15.7. The second-order valence-corrected chi connectivity index (χ2v) is 17.8. The molecule has 0 bridgehead atoms. The van der Waals surface area contributed by atoms with Crippen molar-refractivity contribution >= 4 is 65.5 Å². The van der Waals surface area contributed by atoms with E-state index in [0.29, 0.717) is 0 Å². The predicted molar refractivity (Wildman–Crippen MR) is 287 cm³/mol. The molecule has 0 N–H and O–H groups in total. The van der Waals surface area contributed by atoms with Crippen LogP contribution in [-0.4, -0.2) is 23.7 Å². The molecule has 0 aliphatic carbocycles. The first-order chi connectivity index (χ1) is 34.2. The minimum Gasteiger partial charge on any atom is -0.309 e. The Morgan fingerprint density at radius 1 is 0.246 bits per heavy atom. The highest BCUT2D eigenvalue weighted by Gasteiger charge is 2.19. The Morgan fingerprint density at radius 3 is 1.38 bits per heavy atom. The highest BCUT2D eigenvalue weighted by molar-refractivity contribution is 6.13. The molecule has 322 valence electrons. The molecule has 0 aliphatic heterocycles. The summed E-state index contributed by atoms with van der Waals surface area (Å²) in [5.41, 5.74) is 19.9. The summed E-state index contributed by atoms with van der Waals surface area (Å²) in [5.74, 6) is 0. The lowest BCUT2D eigenvalue weighted by Crippen LogP contribution is -1.98. The third-order valence-corrected chi connectivity index (χ3v) is 13.9. The zero-order valence-corrected chi connectivity index (χ0v) is 37.4. The molecule has 5 aromatic heterocycles. The Hall–Kier alpha value is -9.32. The number of hydrogen-bond donors (Lipinski definition) is 0. The maximum absolute atomic E-state index is 5.20. The zero-order chi connectivity index (χ0) is 45.4. The molecule has 14 rings (SSSR count). The van der Waals surface area contributed by atoms with Gasteiger partial charge in [-0.05, 0) is 113 Å². The van der Waals surface area contributed by atoms with E-state index in [-0.39, 0.29) is 0 Å². The number of benzene rings is 9. The van der Waals surface area contributed by atoms with Crippen LogP contribution in [0, 0.1) is 0 Å². The number of para-hydroxylation sites is 3. The van der Waals surface area contributed by atoms with Crippen molar-refractivity contribution in [3.05, 3.63) is 249 Å². The van der Waals surface area contributed by atoms with Crippen LogP contribution in [0.5, 0.6) is 0 Å². The highest BCUT2D eigenvalue weighted by atomic mass is 15.0. The van der Waals surface area contributed by atoms with Crippen molar-refractivity contribution in [1.29, 1.82) is 0 Å². The van der Waals surface area contributed by atoms with E-state index in [2.05, 4.69) is 250 Å². The van der Waals surface area contributed by atoms with E-state index in [1.165, 1.54) is 43.7 Å². The summed E-state index contributed by atoms with van der Waals surface area (Å²) in [6.07, 6.45) is 1.89. The van der Waals surface area contributed by atoms with Crippen molar-refractivity contribution < 1.29 is 0 Å². The largest absolute Gasteiger partial charge is 0.309 e. The number of pyridine rings is 2. The Kier molecular flexibility index (Phi) is 8.83. The van der Waals surface area contributed by atoms with Crippen molar-refractivity contribution in [1.82, 2.24) is 23.7 Å². The number of hydrogen-bond acceptors (Lipinski definition) is 2. The van der Waals surface area contributed by atoms with Gasteiger partial charge in [-0.1, -0.05) is 152 Å². The molecule has 9 aromatic carbocycles. The molecule has 0 fully saturated rings. The third-order valence-electron chi connectivity index (χ3n) is 13.9. The minimum atomic E-state index is 0.940. The monoisotopic (exact) mass is 879 g/mol. The second-order valence-electron chi connectivity index (χ2n) is 17.8. The maximum Gasteiger partial charge on any atom is 0.0963 e. The van der Waals surface area contributed by atoms with Crippen molar-refractivity contribution in [2.75, 3.05) is 0 Å². The fourth-order valence-corrected chi connectivity index (χ4v) is 10.7. The molecule has 0 radical (unpaired) electrons. The fourth-order valence-electron chi connectivity index (χ4n) is 10.7. The SMILES string of the molecule is c1ccc(-c2cc(-n3c4ccccc4c4cc(-c5ccc6c7ccccc7n(-c7ccc(-c8ccc9c(c8)c8ncccc8n9-c8ccccc8)cc7)c6c5)ccc43)cc(-c3ccccc3)n2)cc1. The summed E-state index contributed by atoms with van der Waals surface area (Å²) in [5, 5.41) is 6.01. The van der Waals surface area contributed by atoms with Gasteiger partial charge in [0.1, 0.15) is 0 Å². The van der Waals surface area contributed by atoms with Crippen LogP contribution in [0.25, 0.3) is 127 Å². The van der Waals surface area contributed by atoms with Gasteiger partial charge >= 0.3 is 0 Å². The summed E-state index contributed by atoms with van der Waals surface area (Å²) < 4.78 is 7.13. The van der Waals surface area contributed by atoms with Crippen LogP contribution in [0.15, 0.2) is 249 Å². The molecule has 14 aromatic rings. The van der Waals surface area contributed by atoms with E-state index < -0.39 is 0 Å². The molecule has 0 unspecified atom stereocenters. The smallest absolute Gasteiger partial charge is 0.0963 e. The standard InChI is InChI=1S/C64H41N5/c1-4-15-43(16-5-1)56-40-50(41-57(66-56)44-17-6-2-7-18-44)69-59-24-13-11-22-52(59)54-37-46(30-34-60(54)69)47-28-33-53-51-21-10-12-23-58(51)68(63(53)39-47)49-31-26-42(27-32-49)45-29-35-61-55(38-45)64-62(25-14-36-65-64)67(61)48-19-8-3-9-20-48/h1-41H. The Bertz CT molecular complexity index is 4220. The Balaban J connectivity index is 0.877. The summed E-state index contributed by atoms with van der Waals surface area (Å²) in [4.78, 5) is 10.1. The Labute approximate surface area is 398 Å². The summed E-state index contributed by atoms with van der Waals surface area (Å²) >= 11 is 0. The lowest BCUT2D eigenvalue weighted by atomic mass is 10.0. The third kappa shape index (κ3) is 6.32. The quantitative estimate of drug-likeness (QED) is 0.160. The van der Waals surface area contributed by atoms with Crippen molar-refractivity contribution in [2.24, 2.45) is 0 Å². The van der Waals surface area contributed by atoms with E-state index in [9.17, 15) is 0 Å². The van der Waals surface area contributed by atoms with Crippen LogP contribution in [0.3, 0.4) is 0 Å². The van der Waals surface area contributed by atoms with Gasteiger partial charge in [-0.2, -0.15) is 0 Å². The molecule has 5 nitrogen and oxygen atoms in total. The first-order valence-corrected chi connectivity index (χ1v) is 23.5. The van der Waals surface area contributed by atoms with Gasteiger partial charge in [-0.3, -0.25) is 4.98 Å². The average molecular weight is 880 g/mol. The molecular weight excluding hydrogens is 839 g/mol. The minimum absolute atomic E-state index is 0.940. The van der Waals surface area contributed by atoms with Gasteiger partial charge in [-0.25, -0.2) is 4.98 Å². The van der Waals surface area contributed by atoms with Gasteiger partial charge in [0.15, 0.2) is 0 Å². The van der Waals surface area contributed by atoms with Gasteiger partial charge < -0.3 is 13.7 Å². The molecule has 0 saturated heterocycles. The molecule has 0 amide bonds. The average Bonchev–Trinajstić information content (AvgIpc) is 4.06. The number of aromatic nitrogens is 5. The van der Waals surface area contributed by atoms with Crippen LogP contribution in [0.1, 0.15) is 0 Å². The molecule has 0 spiro atoms. The molecule has 5 heterocycles. The van der Waals surface area contributed by atoms with Crippen LogP contribution in [-0.2, 0) is 0 Å². The Morgan fingerprint density at radius 2 is 0.696 bits per heavy atom. The van der Waals surface area contributed by atoms with Crippen molar-refractivity contribution in [3.63, 3.8) is 0 Å². The lowest BCUT2D eigenvalue weighted by molar-refractivity contribution is 1.16. The van der Waals surface area contributed by atoms with Crippen LogP contribution in [0.4, 0.5) is 0 Å². The summed E-state index contributed by atoms with van der Waals surface area (Å²) in [6.45, 7) is 0. The molecule has 0 aliphatic rings. The zero-order valence-electron chi connectivity index (χ0n) is 37.4. The fraction of sp³-hybridized carbons (Fsp3) is 0. The van der Waals surface area contributed by atoms with Crippen LogP contribution in [0.2, 0.25) is 0 Å². The van der Waals surface area contributed by atoms with Gasteiger partial charge in [0.25, 0.3) is 0 Å². The van der Waals surface area contributed by atoms with E-state index in [1.54, 1.807) is 0 Å². The maximum atomic E-state index is 5.20.